The van der Waals surface area contributed by atoms with Gasteiger partial charge in [-0.2, -0.15) is 0 Å². The van der Waals surface area contributed by atoms with Gasteiger partial charge in [-0.25, -0.2) is 0 Å². The molecule has 0 aromatic heterocycles. The predicted octanol–water partition coefficient (Wildman–Crippen LogP) is 1.92. The van der Waals surface area contributed by atoms with Gasteiger partial charge in [-0.1, -0.05) is 34.2 Å². The Bertz CT molecular complexity index is 189. The Kier molecular flexibility index (Phi) is 52.7. The summed E-state index contributed by atoms with van der Waals surface area (Å²) in [5, 5.41) is 0. The molecule has 1 aliphatic rings. The summed E-state index contributed by atoms with van der Waals surface area (Å²) in [7, 11) is 0. The van der Waals surface area contributed by atoms with E-state index < -0.39 is 0 Å². The number of halogens is 1. The Balaban J connectivity index is -0.0000000508. The molecular formula is C8H4BrMnO3. The van der Waals surface area contributed by atoms with Crippen LogP contribution in [0.25, 0.3) is 0 Å². The zero-order chi connectivity index (χ0) is 10.4. The molecule has 0 saturated heterocycles. The number of allylic oxidation sites excluding steroid dienone is 4. The Hall–Kier alpha value is -0.301. The Morgan fingerprint density at radius 2 is 1.31 bits per heavy atom. The Labute approximate surface area is 96.0 Å². The average Bonchev–Trinajstić information content (AvgIpc) is 2.66. The van der Waals surface area contributed by atoms with Gasteiger partial charge in [0.25, 0.3) is 0 Å². The summed E-state index contributed by atoms with van der Waals surface area (Å²) >= 11 is 3.28. The van der Waals surface area contributed by atoms with E-state index in [2.05, 4.69) is 35.9 Å². The maximum atomic E-state index is 7.50. The summed E-state index contributed by atoms with van der Waals surface area (Å²) in [5.41, 5.74) is 0. The van der Waals surface area contributed by atoms with E-state index in [9.17, 15) is 0 Å². The minimum absolute atomic E-state index is 0. The molecule has 0 saturated carbocycles. The Morgan fingerprint density at radius 3 is 1.38 bits per heavy atom. The minimum atomic E-state index is 0. The number of hydrogen-bond donors (Lipinski definition) is 0. The number of hydrogen-bond acceptors (Lipinski definition) is 0. The van der Waals surface area contributed by atoms with Gasteiger partial charge in [-0.05, 0) is 0 Å². The molecular weight excluding hydrogens is 279 g/mol. The van der Waals surface area contributed by atoms with E-state index in [0.717, 1.165) is 4.48 Å². The van der Waals surface area contributed by atoms with Crippen LogP contribution in [-0.2, 0) is 31.0 Å². The van der Waals surface area contributed by atoms with Crippen molar-refractivity contribution in [3.63, 3.8) is 0 Å². The fourth-order valence-electron chi connectivity index (χ4n) is 0.351. The van der Waals surface area contributed by atoms with Crippen molar-refractivity contribution >= 4 is 15.9 Å². The first-order valence-electron chi connectivity index (χ1n) is 2.38. The first-order chi connectivity index (χ1) is 5.89. The fraction of sp³-hybridized carbons (Fsp3) is 0. The maximum absolute atomic E-state index is 7.50. The van der Waals surface area contributed by atoms with Crippen molar-refractivity contribution in [2.75, 3.05) is 0 Å². The van der Waals surface area contributed by atoms with Crippen LogP contribution in [0.15, 0.2) is 22.7 Å². The SMILES string of the molecule is BrC1=CC=C[CH]1.[C-]#[O+].[C-]#[O+].[C-]#[O+].[Mn]. The summed E-state index contributed by atoms with van der Waals surface area (Å²) < 4.78 is 23.7. The summed E-state index contributed by atoms with van der Waals surface area (Å²) in [4.78, 5) is 0. The second kappa shape index (κ2) is 29.8. The van der Waals surface area contributed by atoms with E-state index in [0.29, 0.717) is 0 Å². The van der Waals surface area contributed by atoms with Gasteiger partial charge in [-0.15, -0.1) is 0 Å². The molecule has 0 fully saturated rings. The normalized spacial score (nSPS) is 9.00. The van der Waals surface area contributed by atoms with E-state index in [1.165, 1.54) is 0 Å². The van der Waals surface area contributed by atoms with Crippen LogP contribution in [-0.4, -0.2) is 0 Å². The molecule has 13 heavy (non-hydrogen) atoms. The molecule has 0 aliphatic heterocycles. The van der Waals surface area contributed by atoms with Gasteiger partial charge in [0.2, 0.25) is 0 Å². The van der Waals surface area contributed by atoms with Crippen molar-refractivity contribution in [2.24, 2.45) is 0 Å². The third-order valence-electron chi connectivity index (χ3n) is 0.622. The van der Waals surface area contributed by atoms with Crippen molar-refractivity contribution in [1.29, 1.82) is 0 Å². The molecule has 0 aromatic rings. The molecule has 0 aromatic carbocycles. The number of rotatable bonds is 0. The maximum Gasteiger partial charge on any atom is 0 e. The minimum Gasteiger partial charge on any atom is 0 e. The summed E-state index contributed by atoms with van der Waals surface area (Å²) in [6.07, 6.45) is 7.98. The molecule has 1 aliphatic carbocycles. The van der Waals surface area contributed by atoms with Crippen molar-refractivity contribution in [3.8, 4) is 0 Å². The largest absolute Gasteiger partial charge is 0 e. The van der Waals surface area contributed by atoms with Gasteiger partial charge in [0.15, 0.2) is 0 Å². The van der Waals surface area contributed by atoms with Crippen molar-refractivity contribution < 1.29 is 31.0 Å². The van der Waals surface area contributed by atoms with Crippen LogP contribution in [0.3, 0.4) is 0 Å². The van der Waals surface area contributed by atoms with Crippen molar-refractivity contribution in [1.82, 2.24) is 0 Å². The van der Waals surface area contributed by atoms with E-state index in [1.807, 2.05) is 24.6 Å². The third-order valence-corrected chi connectivity index (χ3v) is 1.15. The fourth-order valence-corrected chi connectivity index (χ4v) is 0.656. The van der Waals surface area contributed by atoms with Crippen LogP contribution in [0, 0.1) is 26.4 Å². The van der Waals surface area contributed by atoms with Crippen molar-refractivity contribution in [2.45, 2.75) is 0 Å². The second-order valence-electron chi connectivity index (χ2n) is 1.10. The quantitative estimate of drug-likeness (QED) is 0.370. The molecule has 5 heteroatoms. The van der Waals surface area contributed by atoms with Gasteiger partial charge in [0.1, 0.15) is 0 Å². The molecule has 3 nitrogen and oxygen atoms in total. The molecule has 2 radical (unpaired) electrons. The van der Waals surface area contributed by atoms with Crippen LogP contribution in [0.5, 0.6) is 0 Å². The molecule has 0 heterocycles. The van der Waals surface area contributed by atoms with Crippen LogP contribution >= 0.6 is 15.9 Å². The molecule has 0 unspecified atom stereocenters. The van der Waals surface area contributed by atoms with Crippen LogP contribution < -0.4 is 0 Å². The molecule has 0 bridgehead atoms. The molecule has 0 N–H and O–H groups in total. The van der Waals surface area contributed by atoms with Gasteiger partial charge in [0.05, 0.1) is 0 Å². The topological polar surface area (TPSA) is 59.7 Å². The first kappa shape index (κ1) is 23.0. The van der Waals surface area contributed by atoms with Gasteiger partial charge in [0, 0.05) is 28.0 Å². The molecule has 1 rings (SSSR count). The Morgan fingerprint density at radius 1 is 0.923 bits per heavy atom. The smallest absolute Gasteiger partial charge is 0 e. The zero-order valence-corrected chi connectivity index (χ0v) is 9.06. The van der Waals surface area contributed by atoms with E-state index in [4.69, 9.17) is 14.0 Å². The first-order valence-corrected chi connectivity index (χ1v) is 3.17. The van der Waals surface area contributed by atoms with E-state index >= 15 is 0 Å². The van der Waals surface area contributed by atoms with Gasteiger partial charge >= 0.3 is 33.9 Å². The molecule has 0 atom stereocenters. The monoisotopic (exact) mass is 282 g/mol. The summed E-state index contributed by atoms with van der Waals surface area (Å²) in [6, 6.07) is 0. The van der Waals surface area contributed by atoms with Crippen LogP contribution in [0.4, 0.5) is 0 Å². The van der Waals surface area contributed by atoms with Gasteiger partial charge in [-0.3, -0.25) is 0 Å². The van der Waals surface area contributed by atoms with E-state index in [-0.39, 0.29) is 17.1 Å². The van der Waals surface area contributed by atoms with E-state index in [1.54, 1.807) is 0 Å². The molecule has 0 spiro atoms. The van der Waals surface area contributed by atoms with Crippen LogP contribution in [0.1, 0.15) is 0 Å². The predicted molar refractivity (Wildman–Crippen MR) is 42.2 cm³/mol. The summed E-state index contributed by atoms with van der Waals surface area (Å²) in [6.45, 7) is 13.5. The molecule has 68 valence electrons. The van der Waals surface area contributed by atoms with Gasteiger partial charge < -0.3 is 0 Å². The zero-order valence-electron chi connectivity index (χ0n) is 6.29. The summed E-state index contributed by atoms with van der Waals surface area (Å²) in [5.74, 6) is 0. The average molecular weight is 283 g/mol. The molecule has 0 amide bonds. The standard InChI is InChI=1S/C5H4Br.3CO.Mn/c6-5-3-1-2-4-5;3*1-2;/h1-4H;;;;. The second-order valence-corrected chi connectivity index (χ2v) is 2.02. The van der Waals surface area contributed by atoms with Crippen LogP contribution in [0.2, 0.25) is 0 Å². The van der Waals surface area contributed by atoms with Crippen molar-refractivity contribution in [3.05, 3.63) is 49.1 Å². The third kappa shape index (κ3) is 24.5.